The number of rotatable bonds is 2. The maximum absolute atomic E-state index is 12.2. The quantitative estimate of drug-likeness (QED) is 0.902. The van der Waals surface area contributed by atoms with Crippen LogP contribution in [-0.2, 0) is 13.0 Å². The van der Waals surface area contributed by atoms with Gasteiger partial charge in [0, 0.05) is 37.1 Å². The average Bonchev–Trinajstić information content (AvgIpc) is 2.78. The first-order valence-electron chi connectivity index (χ1n) is 6.88. The molecule has 1 aliphatic heterocycles. The number of hydrogen-bond acceptors (Lipinski definition) is 3. The molecule has 1 aliphatic rings. The van der Waals surface area contributed by atoms with E-state index in [1.807, 2.05) is 32.2 Å². The van der Waals surface area contributed by atoms with E-state index >= 15 is 0 Å². The van der Waals surface area contributed by atoms with Crippen LogP contribution in [0.1, 0.15) is 34.0 Å². The summed E-state index contributed by atoms with van der Waals surface area (Å²) in [5.74, 6) is 1.06. The fourth-order valence-corrected chi connectivity index (χ4v) is 2.57. The molecule has 2 aromatic heterocycles. The second-order valence-electron chi connectivity index (χ2n) is 5.35. The van der Waals surface area contributed by atoms with Crippen LogP contribution < -0.4 is 5.32 Å². The van der Waals surface area contributed by atoms with Crippen LogP contribution in [0.4, 0.5) is 0 Å². The number of carbonyl (C=O) groups is 1. The minimum Gasteiger partial charge on any atom is -0.347 e. The van der Waals surface area contributed by atoms with E-state index in [2.05, 4.69) is 19.9 Å². The molecule has 3 rings (SSSR count). The van der Waals surface area contributed by atoms with Gasteiger partial charge in [-0.2, -0.15) is 0 Å². The predicted molar refractivity (Wildman–Crippen MR) is 75.5 cm³/mol. The summed E-state index contributed by atoms with van der Waals surface area (Å²) in [4.78, 5) is 20.8. The van der Waals surface area contributed by atoms with Crippen molar-refractivity contribution in [1.29, 1.82) is 0 Å². The molecule has 1 N–H and O–H groups in total. The van der Waals surface area contributed by atoms with Crippen molar-refractivity contribution in [2.75, 3.05) is 0 Å². The Kier molecular flexibility index (Phi) is 3.26. The molecule has 0 aromatic carbocycles. The van der Waals surface area contributed by atoms with Gasteiger partial charge in [-0.3, -0.25) is 9.78 Å². The number of amides is 1. The molecule has 0 fully saturated rings. The molecule has 1 atom stereocenters. The zero-order chi connectivity index (χ0) is 14.1. The molecule has 0 radical (unpaired) electrons. The second-order valence-corrected chi connectivity index (χ2v) is 5.35. The van der Waals surface area contributed by atoms with Crippen LogP contribution in [0.25, 0.3) is 0 Å². The van der Waals surface area contributed by atoms with E-state index < -0.39 is 0 Å². The van der Waals surface area contributed by atoms with Gasteiger partial charge < -0.3 is 9.88 Å². The van der Waals surface area contributed by atoms with E-state index in [0.29, 0.717) is 5.56 Å². The Morgan fingerprint density at radius 1 is 1.35 bits per heavy atom. The summed E-state index contributed by atoms with van der Waals surface area (Å²) in [6.07, 6.45) is 5.51. The number of aryl methyl sites for hydroxylation is 3. The molecule has 2 aromatic rings. The van der Waals surface area contributed by atoms with E-state index in [1.165, 1.54) is 0 Å². The first kappa shape index (κ1) is 12.8. The van der Waals surface area contributed by atoms with E-state index in [9.17, 15) is 4.79 Å². The Morgan fingerprint density at radius 2 is 2.20 bits per heavy atom. The Balaban J connectivity index is 1.67. The molecule has 0 aliphatic carbocycles. The number of hydrogen-bond donors (Lipinski definition) is 1. The summed E-state index contributed by atoms with van der Waals surface area (Å²) in [6.45, 7) is 4.70. The summed E-state index contributed by atoms with van der Waals surface area (Å²) in [5, 5.41) is 3.08. The van der Waals surface area contributed by atoms with Crippen LogP contribution in [0, 0.1) is 13.8 Å². The first-order chi connectivity index (χ1) is 9.61. The minimum atomic E-state index is -0.0530. The minimum absolute atomic E-state index is 0.0530. The molecular formula is C15H18N4O. The van der Waals surface area contributed by atoms with Crippen molar-refractivity contribution in [1.82, 2.24) is 19.9 Å². The monoisotopic (exact) mass is 270 g/mol. The van der Waals surface area contributed by atoms with Crippen molar-refractivity contribution in [3.05, 3.63) is 47.3 Å². The number of aromatic nitrogens is 3. The van der Waals surface area contributed by atoms with Crippen LogP contribution in [-0.4, -0.2) is 26.5 Å². The molecule has 3 heterocycles. The van der Waals surface area contributed by atoms with Crippen LogP contribution in [0.5, 0.6) is 0 Å². The summed E-state index contributed by atoms with van der Waals surface area (Å²) in [5.41, 5.74) is 2.57. The van der Waals surface area contributed by atoms with Gasteiger partial charge in [0.05, 0.1) is 11.3 Å². The lowest BCUT2D eigenvalue weighted by Crippen LogP contribution is -2.40. The Hall–Kier alpha value is -2.17. The number of nitrogens with one attached hydrogen (secondary N) is 1. The molecule has 5 nitrogen and oxygen atoms in total. The van der Waals surface area contributed by atoms with Gasteiger partial charge in [-0.25, -0.2) is 4.98 Å². The van der Waals surface area contributed by atoms with Crippen molar-refractivity contribution >= 4 is 5.91 Å². The average molecular weight is 270 g/mol. The summed E-state index contributed by atoms with van der Waals surface area (Å²) in [7, 11) is 0. The van der Waals surface area contributed by atoms with Crippen molar-refractivity contribution in [3.63, 3.8) is 0 Å². The maximum atomic E-state index is 12.2. The van der Waals surface area contributed by atoms with E-state index in [0.717, 1.165) is 36.6 Å². The third kappa shape index (κ3) is 2.57. The number of carbonyl (C=O) groups excluding carboxylic acids is 1. The van der Waals surface area contributed by atoms with Gasteiger partial charge in [-0.1, -0.05) is 0 Å². The summed E-state index contributed by atoms with van der Waals surface area (Å²) in [6, 6.07) is 3.82. The van der Waals surface area contributed by atoms with Crippen LogP contribution in [0.2, 0.25) is 0 Å². The highest BCUT2D eigenvalue weighted by atomic mass is 16.1. The highest BCUT2D eigenvalue weighted by Crippen LogP contribution is 2.15. The molecule has 20 heavy (non-hydrogen) atoms. The maximum Gasteiger partial charge on any atom is 0.253 e. The zero-order valence-corrected chi connectivity index (χ0v) is 11.8. The second kappa shape index (κ2) is 5.07. The summed E-state index contributed by atoms with van der Waals surface area (Å²) < 4.78 is 2.14. The number of nitrogens with zero attached hydrogens (tertiary/aromatic N) is 3. The van der Waals surface area contributed by atoms with Crippen molar-refractivity contribution in [2.24, 2.45) is 0 Å². The lowest BCUT2D eigenvalue weighted by molar-refractivity contribution is 0.0927. The number of fused-ring (bicyclic) bond motifs is 1. The first-order valence-corrected chi connectivity index (χ1v) is 6.88. The molecule has 0 saturated carbocycles. The Labute approximate surface area is 118 Å². The molecule has 0 saturated heterocycles. The van der Waals surface area contributed by atoms with Crippen LogP contribution in [0.15, 0.2) is 24.5 Å². The topological polar surface area (TPSA) is 59.8 Å². The normalized spacial score (nSPS) is 17.6. The SMILES string of the molecule is Cc1ccc(C(=O)NC2CCc3nc(C)cn3C2)cn1. The standard InChI is InChI=1S/C15H18N4O/c1-10-3-4-12(7-16-10)15(20)18-13-5-6-14-17-11(2)8-19(14)9-13/h3-4,7-8,13H,5-6,9H2,1-2H3,(H,18,20). The van der Waals surface area contributed by atoms with Crippen LogP contribution >= 0.6 is 0 Å². The third-order valence-corrected chi connectivity index (χ3v) is 3.62. The highest BCUT2D eigenvalue weighted by molar-refractivity contribution is 5.94. The molecular weight excluding hydrogens is 252 g/mol. The molecule has 104 valence electrons. The fraction of sp³-hybridized carbons (Fsp3) is 0.400. The molecule has 0 bridgehead atoms. The lowest BCUT2D eigenvalue weighted by Gasteiger charge is -2.24. The van der Waals surface area contributed by atoms with Gasteiger partial charge in [0.15, 0.2) is 0 Å². The van der Waals surface area contributed by atoms with E-state index in [4.69, 9.17) is 0 Å². The summed E-state index contributed by atoms with van der Waals surface area (Å²) >= 11 is 0. The lowest BCUT2D eigenvalue weighted by atomic mass is 10.1. The van der Waals surface area contributed by atoms with Crippen molar-refractivity contribution < 1.29 is 4.79 Å². The highest BCUT2D eigenvalue weighted by Gasteiger charge is 2.21. The van der Waals surface area contributed by atoms with Crippen molar-refractivity contribution in [3.8, 4) is 0 Å². The zero-order valence-electron chi connectivity index (χ0n) is 11.8. The van der Waals surface area contributed by atoms with Gasteiger partial charge >= 0.3 is 0 Å². The van der Waals surface area contributed by atoms with Gasteiger partial charge in [0.2, 0.25) is 0 Å². The van der Waals surface area contributed by atoms with Crippen molar-refractivity contribution in [2.45, 2.75) is 39.3 Å². The Morgan fingerprint density at radius 3 is 2.95 bits per heavy atom. The van der Waals surface area contributed by atoms with Gasteiger partial charge in [-0.15, -0.1) is 0 Å². The molecule has 1 amide bonds. The van der Waals surface area contributed by atoms with Gasteiger partial charge in [0.1, 0.15) is 5.82 Å². The molecule has 1 unspecified atom stereocenters. The van der Waals surface area contributed by atoms with E-state index in [-0.39, 0.29) is 11.9 Å². The van der Waals surface area contributed by atoms with Gasteiger partial charge in [-0.05, 0) is 32.4 Å². The Bertz CT molecular complexity index is 630. The number of pyridine rings is 1. The third-order valence-electron chi connectivity index (χ3n) is 3.62. The van der Waals surface area contributed by atoms with Crippen LogP contribution in [0.3, 0.4) is 0 Å². The molecule has 5 heteroatoms. The number of imidazole rings is 1. The predicted octanol–water partition coefficient (Wildman–Crippen LogP) is 1.64. The smallest absolute Gasteiger partial charge is 0.253 e. The largest absolute Gasteiger partial charge is 0.347 e. The fourth-order valence-electron chi connectivity index (χ4n) is 2.57. The van der Waals surface area contributed by atoms with E-state index in [1.54, 1.807) is 6.20 Å². The van der Waals surface area contributed by atoms with Gasteiger partial charge in [0.25, 0.3) is 5.91 Å². The molecule has 0 spiro atoms.